The lowest BCUT2D eigenvalue weighted by atomic mass is 10.1. The zero-order valence-electron chi connectivity index (χ0n) is 9.53. The molecule has 4 N–H and O–H groups in total. The molecule has 0 spiro atoms. The summed E-state index contributed by atoms with van der Waals surface area (Å²) in [6.45, 7) is 0. The Hall–Kier alpha value is -1.64. The highest BCUT2D eigenvalue weighted by Gasteiger charge is 1.97. The highest BCUT2D eigenvalue weighted by Crippen LogP contribution is 2.23. The maximum Gasteiger partial charge on any atom is 0.0641 e. The van der Waals surface area contributed by atoms with Crippen LogP contribution in [0.5, 0.6) is 0 Å². The van der Waals surface area contributed by atoms with Crippen LogP contribution in [0.25, 0.3) is 12.2 Å². The van der Waals surface area contributed by atoms with Crippen LogP contribution in [0.1, 0.15) is 11.1 Å². The van der Waals surface area contributed by atoms with Crippen molar-refractivity contribution in [2.24, 2.45) is 0 Å². The number of rotatable bonds is 2. The van der Waals surface area contributed by atoms with Crippen molar-refractivity contribution in [2.45, 2.75) is 0 Å². The third-order valence-corrected chi connectivity index (χ3v) is 3.17. The van der Waals surface area contributed by atoms with Crippen LogP contribution in [0.2, 0.25) is 10.0 Å². The number of nitrogen functional groups attached to an aromatic ring is 2. The lowest BCUT2D eigenvalue weighted by Gasteiger charge is -2.01. The Kier molecular flexibility index (Phi) is 3.80. The van der Waals surface area contributed by atoms with Gasteiger partial charge in [-0.1, -0.05) is 47.5 Å². The number of hydrogen-bond acceptors (Lipinski definition) is 2. The van der Waals surface area contributed by atoms with Crippen LogP contribution in [0.15, 0.2) is 36.4 Å². The Balaban J connectivity index is 2.24. The molecule has 0 amide bonds. The molecular formula is C14H12Cl2N2. The number of anilines is 2. The van der Waals surface area contributed by atoms with Crippen LogP contribution in [0.3, 0.4) is 0 Å². The van der Waals surface area contributed by atoms with Crippen LogP contribution in [0.4, 0.5) is 11.4 Å². The Bertz CT molecular complexity index is 553. The van der Waals surface area contributed by atoms with Gasteiger partial charge in [-0.2, -0.15) is 0 Å². The highest BCUT2D eigenvalue weighted by molar-refractivity contribution is 6.33. The minimum Gasteiger partial charge on any atom is -0.398 e. The molecule has 0 bridgehead atoms. The number of nitrogens with two attached hydrogens (primary N) is 2. The van der Waals surface area contributed by atoms with E-state index < -0.39 is 0 Å². The van der Waals surface area contributed by atoms with Gasteiger partial charge in [-0.05, 0) is 35.4 Å². The summed E-state index contributed by atoms with van der Waals surface area (Å²) < 4.78 is 0. The van der Waals surface area contributed by atoms with E-state index in [9.17, 15) is 0 Å². The topological polar surface area (TPSA) is 52.0 Å². The fourth-order valence-corrected chi connectivity index (χ4v) is 1.86. The summed E-state index contributed by atoms with van der Waals surface area (Å²) in [6.07, 6.45) is 3.88. The monoisotopic (exact) mass is 278 g/mol. The van der Waals surface area contributed by atoms with Crippen molar-refractivity contribution < 1.29 is 0 Å². The van der Waals surface area contributed by atoms with Gasteiger partial charge < -0.3 is 11.5 Å². The molecule has 0 aromatic heterocycles. The lowest BCUT2D eigenvalue weighted by Crippen LogP contribution is -1.86. The molecule has 18 heavy (non-hydrogen) atoms. The molecule has 2 rings (SSSR count). The first kappa shape index (κ1) is 12.8. The van der Waals surface area contributed by atoms with E-state index >= 15 is 0 Å². The molecule has 2 nitrogen and oxygen atoms in total. The molecule has 0 aliphatic heterocycles. The highest BCUT2D eigenvalue weighted by atomic mass is 35.5. The van der Waals surface area contributed by atoms with Crippen molar-refractivity contribution in [1.29, 1.82) is 0 Å². The Morgan fingerprint density at radius 2 is 1.11 bits per heavy atom. The van der Waals surface area contributed by atoms with Crippen LogP contribution >= 0.6 is 23.2 Å². The quantitative estimate of drug-likeness (QED) is 0.635. The zero-order chi connectivity index (χ0) is 13.1. The summed E-state index contributed by atoms with van der Waals surface area (Å²) in [7, 11) is 0. The van der Waals surface area contributed by atoms with Gasteiger partial charge in [0.2, 0.25) is 0 Å². The molecule has 0 aliphatic rings. The van der Waals surface area contributed by atoms with E-state index in [0.717, 1.165) is 11.1 Å². The fraction of sp³-hybridized carbons (Fsp3) is 0. The summed E-state index contributed by atoms with van der Waals surface area (Å²) in [6, 6.07) is 11.0. The lowest BCUT2D eigenvalue weighted by molar-refractivity contribution is 1.63. The first-order valence-corrected chi connectivity index (χ1v) is 6.10. The summed E-state index contributed by atoms with van der Waals surface area (Å²) in [5, 5.41) is 1.10. The van der Waals surface area contributed by atoms with E-state index in [2.05, 4.69) is 0 Å². The molecule has 2 aromatic carbocycles. The fourth-order valence-electron chi connectivity index (χ4n) is 1.49. The molecule has 0 unspecified atom stereocenters. The summed E-state index contributed by atoms with van der Waals surface area (Å²) >= 11 is 11.9. The van der Waals surface area contributed by atoms with Gasteiger partial charge in [0.15, 0.2) is 0 Å². The molecule has 92 valence electrons. The van der Waals surface area contributed by atoms with Gasteiger partial charge in [0.05, 0.1) is 21.4 Å². The molecule has 0 saturated carbocycles. The van der Waals surface area contributed by atoms with Gasteiger partial charge in [0.25, 0.3) is 0 Å². The van der Waals surface area contributed by atoms with Crippen molar-refractivity contribution in [3.63, 3.8) is 0 Å². The van der Waals surface area contributed by atoms with Crippen LogP contribution in [0, 0.1) is 0 Å². The van der Waals surface area contributed by atoms with Crippen molar-refractivity contribution in [3.05, 3.63) is 57.6 Å². The first-order valence-electron chi connectivity index (χ1n) is 5.34. The Morgan fingerprint density at radius 1 is 0.722 bits per heavy atom. The van der Waals surface area contributed by atoms with Gasteiger partial charge >= 0.3 is 0 Å². The van der Waals surface area contributed by atoms with E-state index in [-0.39, 0.29) is 0 Å². The number of halogens is 2. The second-order valence-corrected chi connectivity index (χ2v) is 4.71. The molecule has 0 atom stereocenters. The number of benzene rings is 2. The molecule has 0 radical (unpaired) electrons. The number of hydrogen-bond donors (Lipinski definition) is 2. The Labute approximate surface area is 116 Å². The van der Waals surface area contributed by atoms with E-state index in [4.69, 9.17) is 34.7 Å². The first-order chi connectivity index (χ1) is 8.56. The van der Waals surface area contributed by atoms with Crippen LogP contribution < -0.4 is 11.5 Å². The SMILES string of the molecule is Nc1ccc(/C=C/c2ccc(N)c(Cl)c2)cc1Cl. The molecule has 0 heterocycles. The smallest absolute Gasteiger partial charge is 0.0641 e. The maximum absolute atomic E-state index is 5.95. The summed E-state index contributed by atoms with van der Waals surface area (Å²) in [4.78, 5) is 0. The van der Waals surface area contributed by atoms with Gasteiger partial charge in [0.1, 0.15) is 0 Å². The zero-order valence-corrected chi connectivity index (χ0v) is 11.0. The second kappa shape index (κ2) is 5.34. The molecule has 4 heteroatoms. The predicted molar refractivity (Wildman–Crippen MR) is 80.7 cm³/mol. The normalized spacial score (nSPS) is 11.0. The van der Waals surface area contributed by atoms with Crippen LogP contribution in [-0.4, -0.2) is 0 Å². The predicted octanol–water partition coefficient (Wildman–Crippen LogP) is 4.33. The minimum absolute atomic E-state index is 0.549. The van der Waals surface area contributed by atoms with E-state index in [1.165, 1.54) is 0 Å². The van der Waals surface area contributed by atoms with Crippen molar-refractivity contribution in [1.82, 2.24) is 0 Å². The van der Waals surface area contributed by atoms with Crippen molar-refractivity contribution >= 4 is 46.7 Å². The third-order valence-electron chi connectivity index (χ3n) is 2.52. The van der Waals surface area contributed by atoms with E-state index in [0.29, 0.717) is 21.4 Å². The standard InChI is InChI=1S/C14H12Cl2N2/c15-11-7-9(3-5-13(11)17)1-2-10-4-6-14(18)12(16)8-10/h1-8H,17-18H2/b2-1+. The molecule has 0 saturated heterocycles. The van der Waals surface area contributed by atoms with Gasteiger partial charge in [-0.25, -0.2) is 0 Å². The largest absolute Gasteiger partial charge is 0.398 e. The molecular weight excluding hydrogens is 267 g/mol. The summed E-state index contributed by atoms with van der Waals surface area (Å²) in [5.74, 6) is 0. The van der Waals surface area contributed by atoms with Crippen molar-refractivity contribution in [3.8, 4) is 0 Å². The molecule has 2 aromatic rings. The van der Waals surface area contributed by atoms with E-state index in [1.54, 1.807) is 12.1 Å². The summed E-state index contributed by atoms with van der Waals surface area (Å²) in [5.41, 5.74) is 14.4. The van der Waals surface area contributed by atoms with E-state index in [1.807, 2.05) is 36.4 Å². The maximum atomic E-state index is 5.95. The van der Waals surface area contributed by atoms with Gasteiger partial charge in [-0.15, -0.1) is 0 Å². The minimum atomic E-state index is 0.549. The van der Waals surface area contributed by atoms with Crippen LogP contribution in [-0.2, 0) is 0 Å². The molecule has 0 aliphatic carbocycles. The second-order valence-electron chi connectivity index (χ2n) is 3.90. The van der Waals surface area contributed by atoms with Gasteiger partial charge in [0, 0.05) is 0 Å². The average molecular weight is 279 g/mol. The van der Waals surface area contributed by atoms with Gasteiger partial charge in [-0.3, -0.25) is 0 Å². The third kappa shape index (κ3) is 2.97. The molecule has 0 fully saturated rings. The van der Waals surface area contributed by atoms with Crippen molar-refractivity contribution in [2.75, 3.05) is 11.5 Å². The average Bonchev–Trinajstić information content (AvgIpc) is 2.35. The Morgan fingerprint density at radius 3 is 1.44 bits per heavy atom.